The molecule has 0 aromatic carbocycles. The lowest BCUT2D eigenvalue weighted by Gasteiger charge is -2.32. The molecule has 2 rings (SSSR count). The molecule has 4 nitrogen and oxygen atoms in total. The van der Waals surface area contributed by atoms with Crippen LogP contribution in [0.15, 0.2) is 18.3 Å². The van der Waals surface area contributed by atoms with Crippen LogP contribution in [0, 0.1) is 0 Å². The van der Waals surface area contributed by atoms with E-state index in [-0.39, 0.29) is 0 Å². The standard InChI is InChI=1S/C15H28N4/c1-4-16-14(2)15-6-5-7-19(15)13-12-18-10-8-17(3)9-11-18/h5-7,14,16H,4,8-13H2,1-3H3. The molecule has 0 spiro atoms. The first-order valence-electron chi connectivity index (χ1n) is 7.50. The molecule has 0 bridgehead atoms. The SMILES string of the molecule is CCNC(C)c1cccn1CCN1CCN(C)CC1. The number of rotatable bonds is 6. The quantitative estimate of drug-likeness (QED) is 0.840. The Morgan fingerprint density at radius 3 is 2.63 bits per heavy atom. The van der Waals surface area contributed by atoms with Gasteiger partial charge >= 0.3 is 0 Å². The highest BCUT2D eigenvalue weighted by atomic mass is 15.3. The van der Waals surface area contributed by atoms with Crippen molar-refractivity contribution < 1.29 is 0 Å². The van der Waals surface area contributed by atoms with Gasteiger partial charge in [0.25, 0.3) is 0 Å². The molecule has 0 amide bonds. The van der Waals surface area contributed by atoms with Crippen molar-refractivity contribution in [1.82, 2.24) is 19.7 Å². The number of nitrogens with zero attached hydrogens (tertiary/aromatic N) is 3. The summed E-state index contributed by atoms with van der Waals surface area (Å²) in [4.78, 5) is 4.98. The molecular formula is C15H28N4. The zero-order chi connectivity index (χ0) is 13.7. The number of hydrogen-bond acceptors (Lipinski definition) is 3. The van der Waals surface area contributed by atoms with Gasteiger partial charge in [-0.25, -0.2) is 0 Å². The van der Waals surface area contributed by atoms with Gasteiger partial charge in [0.05, 0.1) is 0 Å². The van der Waals surface area contributed by atoms with Crippen LogP contribution in [0.2, 0.25) is 0 Å². The Labute approximate surface area is 117 Å². The van der Waals surface area contributed by atoms with Crippen LogP contribution in [-0.4, -0.2) is 60.7 Å². The molecular weight excluding hydrogens is 236 g/mol. The number of likely N-dealkylation sites (N-methyl/N-ethyl adjacent to an activating group) is 1. The second-order valence-corrected chi connectivity index (χ2v) is 5.55. The molecule has 0 saturated carbocycles. The smallest absolute Gasteiger partial charge is 0.0446 e. The van der Waals surface area contributed by atoms with Gasteiger partial charge in [-0.2, -0.15) is 0 Å². The Balaban J connectivity index is 1.84. The molecule has 2 heterocycles. The van der Waals surface area contributed by atoms with Crippen molar-refractivity contribution >= 4 is 0 Å². The van der Waals surface area contributed by atoms with Gasteiger partial charge < -0.3 is 14.8 Å². The van der Waals surface area contributed by atoms with Crippen LogP contribution in [-0.2, 0) is 6.54 Å². The number of nitrogens with one attached hydrogen (secondary N) is 1. The maximum atomic E-state index is 3.49. The minimum atomic E-state index is 0.437. The van der Waals surface area contributed by atoms with Crippen LogP contribution < -0.4 is 5.32 Å². The van der Waals surface area contributed by atoms with E-state index in [1.165, 1.54) is 31.9 Å². The van der Waals surface area contributed by atoms with Crippen LogP contribution in [0.1, 0.15) is 25.6 Å². The summed E-state index contributed by atoms with van der Waals surface area (Å²) < 4.78 is 2.39. The molecule has 19 heavy (non-hydrogen) atoms. The Morgan fingerprint density at radius 2 is 1.95 bits per heavy atom. The molecule has 1 aliphatic heterocycles. The molecule has 1 aliphatic rings. The Morgan fingerprint density at radius 1 is 1.21 bits per heavy atom. The first kappa shape index (κ1) is 14.6. The first-order chi connectivity index (χ1) is 9.20. The highest BCUT2D eigenvalue weighted by molar-refractivity contribution is 5.11. The summed E-state index contributed by atoms with van der Waals surface area (Å²) in [6.45, 7) is 12.5. The summed E-state index contributed by atoms with van der Waals surface area (Å²) in [7, 11) is 2.21. The van der Waals surface area contributed by atoms with Crippen molar-refractivity contribution in [2.75, 3.05) is 46.3 Å². The maximum Gasteiger partial charge on any atom is 0.0446 e. The van der Waals surface area contributed by atoms with Crippen molar-refractivity contribution in [1.29, 1.82) is 0 Å². The van der Waals surface area contributed by atoms with Gasteiger partial charge in [-0.15, -0.1) is 0 Å². The van der Waals surface area contributed by atoms with Gasteiger partial charge in [0.15, 0.2) is 0 Å². The maximum absolute atomic E-state index is 3.49. The van der Waals surface area contributed by atoms with Gasteiger partial charge in [0.1, 0.15) is 0 Å². The molecule has 1 fully saturated rings. The fourth-order valence-corrected chi connectivity index (χ4v) is 2.76. The second kappa shape index (κ2) is 7.08. The summed E-state index contributed by atoms with van der Waals surface area (Å²) in [5.41, 5.74) is 1.40. The van der Waals surface area contributed by atoms with E-state index >= 15 is 0 Å². The van der Waals surface area contributed by atoms with E-state index in [1.54, 1.807) is 0 Å². The summed E-state index contributed by atoms with van der Waals surface area (Å²) in [5.74, 6) is 0. The molecule has 1 N–H and O–H groups in total. The third kappa shape index (κ3) is 4.06. The van der Waals surface area contributed by atoms with E-state index in [0.717, 1.165) is 19.6 Å². The van der Waals surface area contributed by atoms with Crippen molar-refractivity contribution in [2.45, 2.75) is 26.4 Å². The third-order valence-electron chi connectivity index (χ3n) is 4.07. The van der Waals surface area contributed by atoms with E-state index in [9.17, 15) is 0 Å². The molecule has 4 heteroatoms. The van der Waals surface area contributed by atoms with Crippen LogP contribution >= 0.6 is 0 Å². The van der Waals surface area contributed by atoms with Crippen molar-refractivity contribution in [2.24, 2.45) is 0 Å². The Bertz CT molecular complexity index is 366. The number of piperazine rings is 1. The second-order valence-electron chi connectivity index (χ2n) is 5.55. The molecule has 1 atom stereocenters. The topological polar surface area (TPSA) is 23.4 Å². The van der Waals surface area contributed by atoms with Crippen LogP contribution in [0.4, 0.5) is 0 Å². The van der Waals surface area contributed by atoms with E-state index < -0.39 is 0 Å². The van der Waals surface area contributed by atoms with E-state index in [4.69, 9.17) is 0 Å². The van der Waals surface area contributed by atoms with E-state index in [0.29, 0.717) is 6.04 Å². The van der Waals surface area contributed by atoms with Gasteiger partial charge in [-0.05, 0) is 32.6 Å². The minimum absolute atomic E-state index is 0.437. The fraction of sp³-hybridized carbons (Fsp3) is 0.733. The lowest BCUT2D eigenvalue weighted by atomic mass is 10.2. The average molecular weight is 264 g/mol. The largest absolute Gasteiger partial charge is 0.349 e. The van der Waals surface area contributed by atoms with Crippen LogP contribution in [0.3, 0.4) is 0 Å². The zero-order valence-electron chi connectivity index (χ0n) is 12.6. The van der Waals surface area contributed by atoms with Crippen LogP contribution in [0.25, 0.3) is 0 Å². The summed E-state index contributed by atoms with van der Waals surface area (Å²) in [6, 6.07) is 4.83. The Kier molecular flexibility index (Phi) is 5.43. The summed E-state index contributed by atoms with van der Waals surface area (Å²) >= 11 is 0. The average Bonchev–Trinajstić information content (AvgIpc) is 2.87. The number of aromatic nitrogens is 1. The highest BCUT2D eigenvalue weighted by Crippen LogP contribution is 2.13. The summed E-state index contributed by atoms with van der Waals surface area (Å²) in [6.07, 6.45) is 2.21. The highest BCUT2D eigenvalue weighted by Gasteiger charge is 2.14. The van der Waals surface area contributed by atoms with Gasteiger partial charge in [0.2, 0.25) is 0 Å². The normalized spacial score (nSPS) is 19.7. The molecule has 0 aliphatic carbocycles. The number of hydrogen-bond donors (Lipinski definition) is 1. The zero-order valence-corrected chi connectivity index (χ0v) is 12.6. The third-order valence-corrected chi connectivity index (χ3v) is 4.07. The predicted molar refractivity (Wildman–Crippen MR) is 80.5 cm³/mol. The van der Waals surface area contributed by atoms with Gasteiger partial charge in [-0.3, -0.25) is 4.90 Å². The molecule has 108 valence electrons. The first-order valence-corrected chi connectivity index (χ1v) is 7.50. The minimum Gasteiger partial charge on any atom is -0.349 e. The van der Waals surface area contributed by atoms with E-state index in [1.807, 2.05) is 0 Å². The molecule has 1 saturated heterocycles. The lowest BCUT2D eigenvalue weighted by molar-refractivity contribution is 0.149. The summed E-state index contributed by atoms with van der Waals surface area (Å²) in [5, 5.41) is 3.49. The molecule has 1 aromatic heterocycles. The van der Waals surface area contributed by atoms with E-state index in [2.05, 4.69) is 58.9 Å². The molecule has 1 aromatic rings. The predicted octanol–water partition coefficient (Wildman–Crippen LogP) is 1.41. The van der Waals surface area contributed by atoms with Crippen LogP contribution in [0.5, 0.6) is 0 Å². The Hall–Kier alpha value is -0.840. The lowest BCUT2D eigenvalue weighted by Crippen LogP contribution is -2.45. The monoisotopic (exact) mass is 264 g/mol. The van der Waals surface area contributed by atoms with Gasteiger partial charge in [0, 0.05) is 57.2 Å². The van der Waals surface area contributed by atoms with Gasteiger partial charge in [-0.1, -0.05) is 6.92 Å². The molecule has 0 radical (unpaired) electrons. The molecule has 1 unspecified atom stereocenters. The van der Waals surface area contributed by atoms with Crippen molar-refractivity contribution in [3.8, 4) is 0 Å². The van der Waals surface area contributed by atoms with Crippen molar-refractivity contribution in [3.05, 3.63) is 24.0 Å². The fourth-order valence-electron chi connectivity index (χ4n) is 2.76. The van der Waals surface area contributed by atoms with Crippen molar-refractivity contribution in [3.63, 3.8) is 0 Å².